The molecule has 1 fully saturated rings. The van der Waals surface area contributed by atoms with Gasteiger partial charge >= 0.3 is 0 Å². The lowest BCUT2D eigenvalue weighted by molar-refractivity contribution is 0.169. The second-order valence-corrected chi connectivity index (χ2v) is 10.8. The average molecular weight is 444 g/mol. The summed E-state index contributed by atoms with van der Waals surface area (Å²) in [6, 6.07) is 12.7. The highest BCUT2D eigenvalue weighted by atomic mass is 32.2. The maximum absolute atomic E-state index is 12.9. The fraction of sp³-hybridized carbons (Fsp3) is 0.435. The lowest BCUT2D eigenvalue weighted by Gasteiger charge is -2.33. The smallest absolute Gasteiger partial charge is 0.243 e. The lowest BCUT2D eigenvalue weighted by Crippen LogP contribution is -2.48. The second-order valence-electron chi connectivity index (χ2n) is 8.90. The fourth-order valence-corrected chi connectivity index (χ4v) is 5.15. The van der Waals surface area contributed by atoms with Crippen LogP contribution in [0, 0.1) is 0 Å². The number of piperazine rings is 1. The van der Waals surface area contributed by atoms with E-state index in [9.17, 15) is 8.42 Å². The number of sulfonamides is 1. The van der Waals surface area contributed by atoms with Crippen molar-refractivity contribution in [2.24, 2.45) is 0 Å². The van der Waals surface area contributed by atoms with Crippen molar-refractivity contribution in [2.45, 2.75) is 37.6 Å². The number of hydrogen-bond acceptors (Lipinski definition) is 6. The molecule has 0 radical (unpaired) electrons. The van der Waals surface area contributed by atoms with Crippen LogP contribution >= 0.6 is 0 Å². The minimum absolute atomic E-state index is 0.0546. The molecule has 0 unspecified atom stereocenters. The Bertz CT molecular complexity index is 1160. The van der Waals surface area contributed by atoms with Crippen LogP contribution in [0.1, 0.15) is 32.2 Å². The Balaban J connectivity index is 1.40. The van der Waals surface area contributed by atoms with Gasteiger partial charge in [0.15, 0.2) is 5.58 Å². The first-order valence-corrected chi connectivity index (χ1v) is 11.9. The van der Waals surface area contributed by atoms with Crippen LogP contribution in [0.3, 0.4) is 0 Å². The summed E-state index contributed by atoms with van der Waals surface area (Å²) < 4.78 is 38.4. The quantitative estimate of drug-likeness (QED) is 0.599. The maximum Gasteiger partial charge on any atom is 0.243 e. The van der Waals surface area contributed by atoms with E-state index in [0.29, 0.717) is 44.4 Å². The largest absolute Gasteiger partial charge is 0.497 e. The maximum atomic E-state index is 12.9. The van der Waals surface area contributed by atoms with Crippen LogP contribution in [0.15, 0.2) is 51.8 Å². The standard InChI is InChI=1S/C23H29N3O4S/c1-23(2,3)17-5-10-21-20(15-17)24-22(30-21)16-25-11-13-26(14-12-25)31(27,28)19-8-6-18(29-4)7-9-19/h5-10,15H,11-14,16H2,1-4H3. The highest BCUT2D eigenvalue weighted by molar-refractivity contribution is 7.89. The van der Waals surface area contributed by atoms with Gasteiger partial charge in [-0.25, -0.2) is 13.4 Å². The molecule has 2 aromatic carbocycles. The Morgan fingerprint density at radius 1 is 1.03 bits per heavy atom. The minimum atomic E-state index is -3.51. The van der Waals surface area contributed by atoms with E-state index in [-0.39, 0.29) is 10.3 Å². The Kier molecular flexibility index (Phi) is 5.81. The van der Waals surface area contributed by atoms with Crippen LogP contribution in [0.4, 0.5) is 0 Å². The molecule has 166 valence electrons. The first kappa shape index (κ1) is 21.8. The molecule has 0 amide bonds. The van der Waals surface area contributed by atoms with Gasteiger partial charge in [0.05, 0.1) is 18.6 Å². The van der Waals surface area contributed by atoms with E-state index in [1.165, 1.54) is 9.87 Å². The van der Waals surface area contributed by atoms with Crippen LogP contribution in [0.2, 0.25) is 0 Å². The molecule has 1 saturated heterocycles. The predicted octanol–water partition coefficient (Wildman–Crippen LogP) is 3.64. The van der Waals surface area contributed by atoms with Crippen molar-refractivity contribution in [3.8, 4) is 5.75 Å². The van der Waals surface area contributed by atoms with Gasteiger partial charge in [-0.2, -0.15) is 4.31 Å². The van der Waals surface area contributed by atoms with Gasteiger partial charge in [-0.1, -0.05) is 26.8 Å². The van der Waals surface area contributed by atoms with E-state index in [4.69, 9.17) is 9.15 Å². The molecule has 7 nitrogen and oxygen atoms in total. The molecule has 1 aliphatic rings. The molecule has 1 aliphatic heterocycles. The molecule has 2 heterocycles. The summed E-state index contributed by atoms with van der Waals surface area (Å²) in [5.74, 6) is 1.30. The topological polar surface area (TPSA) is 75.9 Å². The molecule has 1 aromatic heterocycles. The molecule has 0 bridgehead atoms. The molecule has 0 aliphatic carbocycles. The van der Waals surface area contributed by atoms with Gasteiger partial charge in [0.1, 0.15) is 11.3 Å². The summed E-state index contributed by atoms with van der Waals surface area (Å²) in [6.07, 6.45) is 0. The van der Waals surface area contributed by atoms with Gasteiger partial charge in [0.25, 0.3) is 0 Å². The molecular formula is C23H29N3O4S. The zero-order valence-electron chi connectivity index (χ0n) is 18.5. The number of methoxy groups -OCH3 is 1. The molecule has 0 saturated carbocycles. The normalized spacial score (nSPS) is 16.6. The Morgan fingerprint density at radius 3 is 2.32 bits per heavy atom. The lowest BCUT2D eigenvalue weighted by atomic mass is 9.87. The Morgan fingerprint density at radius 2 is 1.71 bits per heavy atom. The minimum Gasteiger partial charge on any atom is -0.497 e. The molecule has 31 heavy (non-hydrogen) atoms. The summed E-state index contributed by atoms with van der Waals surface area (Å²) in [4.78, 5) is 7.12. The van der Waals surface area contributed by atoms with Crippen molar-refractivity contribution >= 4 is 21.1 Å². The highest BCUT2D eigenvalue weighted by Gasteiger charge is 2.29. The van der Waals surface area contributed by atoms with E-state index in [1.54, 1.807) is 31.4 Å². The zero-order valence-corrected chi connectivity index (χ0v) is 19.3. The second kappa shape index (κ2) is 8.26. The molecule has 8 heteroatoms. The highest BCUT2D eigenvalue weighted by Crippen LogP contribution is 2.27. The third-order valence-corrected chi connectivity index (χ3v) is 7.60. The molecule has 4 rings (SSSR count). The van der Waals surface area contributed by atoms with Crippen LogP contribution in [-0.4, -0.2) is 55.9 Å². The number of hydrogen-bond donors (Lipinski definition) is 0. The summed E-state index contributed by atoms with van der Waals surface area (Å²) in [5.41, 5.74) is 2.92. The number of aromatic nitrogens is 1. The third kappa shape index (κ3) is 4.61. The van der Waals surface area contributed by atoms with E-state index >= 15 is 0 Å². The van der Waals surface area contributed by atoms with Crippen LogP contribution in [-0.2, 0) is 22.0 Å². The first-order chi connectivity index (χ1) is 14.7. The molecule has 3 aromatic rings. The number of rotatable bonds is 5. The van der Waals surface area contributed by atoms with E-state index in [2.05, 4.69) is 42.8 Å². The third-order valence-electron chi connectivity index (χ3n) is 5.69. The molecular weight excluding hydrogens is 414 g/mol. The van der Waals surface area contributed by atoms with Crippen molar-refractivity contribution in [3.05, 3.63) is 53.9 Å². The first-order valence-electron chi connectivity index (χ1n) is 10.4. The van der Waals surface area contributed by atoms with Crippen molar-refractivity contribution < 1.29 is 17.6 Å². The summed E-state index contributed by atoms with van der Waals surface area (Å²) in [5, 5.41) is 0. The summed E-state index contributed by atoms with van der Waals surface area (Å²) in [7, 11) is -1.95. The number of ether oxygens (including phenoxy) is 1. The van der Waals surface area contributed by atoms with Gasteiger partial charge in [0.2, 0.25) is 15.9 Å². The van der Waals surface area contributed by atoms with E-state index in [0.717, 1.165) is 11.1 Å². The molecule has 0 atom stereocenters. The van der Waals surface area contributed by atoms with Crippen molar-refractivity contribution in [1.82, 2.24) is 14.2 Å². The Hall–Kier alpha value is -2.42. The van der Waals surface area contributed by atoms with E-state index < -0.39 is 10.0 Å². The summed E-state index contributed by atoms with van der Waals surface area (Å²) in [6.45, 7) is 9.21. The monoisotopic (exact) mass is 443 g/mol. The van der Waals surface area contributed by atoms with Crippen LogP contribution in [0.25, 0.3) is 11.1 Å². The average Bonchev–Trinajstić information content (AvgIpc) is 3.15. The molecule has 0 spiro atoms. The number of fused-ring (bicyclic) bond motifs is 1. The van der Waals surface area contributed by atoms with Crippen LogP contribution < -0.4 is 4.74 Å². The van der Waals surface area contributed by atoms with Gasteiger partial charge in [-0.15, -0.1) is 0 Å². The van der Waals surface area contributed by atoms with Gasteiger partial charge in [-0.05, 0) is 47.4 Å². The summed E-state index contributed by atoms with van der Waals surface area (Å²) >= 11 is 0. The van der Waals surface area contributed by atoms with Gasteiger partial charge in [-0.3, -0.25) is 4.90 Å². The van der Waals surface area contributed by atoms with Gasteiger partial charge < -0.3 is 9.15 Å². The predicted molar refractivity (Wildman–Crippen MR) is 120 cm³/mol. The van der Waals surface area contributed by atoms with Crippen molar-refractivity contribution in [3.63, 3.8) is 0 Å². The van der Waals surface area contributed by atoms with Gasteiger partial charge in [0, 0.05) is 26.2 Å². The fourth-order valence-electron chi connectivity index (χ4n) is 3.73. The van der Waals surface area contributed by atoms with Crippen LogP contribution in [0.5, 0.6) is 5.75 Å². The zero-order chi connectivity index (χ0) is 22.2. The number of oxazole rings is 1. The van der Waals surface area contributed by atoms with Crippen molar-refractivity contribution in [2.75, 3.05) is 33.3 Å². The molecule has 0 N–H and O–H groups in total. The Labute approximate surface area is 183 Å². The number of benzene rings is 2. The van der Waals surface area contributed by atoms with Crippen molar-refractivity contribution in [1.29, 1.82) is 0 Å². The SMILES string of the molecule is COc1ccc(S(=O)(=O)N2CCN(Cc3nc4cc(C(C)(C)C)ccc4o3)CC2)cc1. The number of nitrogens with zero attached hydrogens (tertiary/aromatic N) is 3. The van der Waals surface area contributed by atoms with E-state index in [1.807, 2.05) is 6.07 Å².